The molecule has 2 aliphatic carbocycles. The maximum atomic E-state index is 11.5. The van der Waals surface area contributed by atoms with E-state index < -0.39 is 5.97 Å². The molecular formula is C22H23NO3. The molecule has 134 valence electrons. The van der Waals surface area contributed by atoms with Gasteiger partial charge in [-0.2, -0.15) is 0 Å². The predicted molar refractivity (Wildman–Crippen MR) is 99.8 cm³/mol. The smallest absolute Gasteiger partial charge is 0.335 e. The molecule has 2 fully saturated rings. The minimum Gasteiger partial charge on any atom is -0.497 e. The molecule has 0 aromatic heterocycles. The zero-order valence-corrected chi connectivity index (χ0v) is 14.8. The first-order valence-electron chi connectivity index (χ1n) is 9.43. The van der Waals surface area contributed by atoms with Gasteiger partial charge in [0.05, 0.1) is 18.7 Å². The second-order valence-corrected chi connectivity index (χ2v) is 7.94. The Labute approximate surface area is 153 Å². The fourth-order valence-corrected chi connectivity index (χ4v) is 5.78. The summed E-state index contributed by atoms with van der Waals surface area (Å²) in [5, 5.41) is 13.2. The summed E-state index contributed by atoms with van der Waals surface area (Å²) in [6.45, 7) is 0. The molecule has 2 aromatic carbocycles. The maximum Gasteiger partial charge on any atom is 0.335 e. The Morgan fingerprint density at radius 1 is 1.15 bits per heavy atom. The van der Waals surface area contributed by atoms with E-state index in [2.05, 4.69) is 23.5 Å². The molecule has 2 saturated carbocycles. The second kappa shape index (κ2) is 5.76. The maximum absolute atomic E-state index is 11.5. The number of carboxylic acid groups (broad SMARTS) is 1. The number of fused-ring (bicyclic) bond motifs is 7. The van der Waals surface area contributed by atoms with Gasteiger partial charge in [-0.1, -0.05) is 12.1 Å². The van der Waals surface area contributed by atoms with Gasteiger partial charge in [-0.3, -0.25) is 0 Å². The minimum absolute atomic E-state index is 0.258. The van der Waals surface area contributed by atoms with Gasteiger partial charge in [0, 0.05) is 5.69 Å². The molecule has 2 aromatic rings. The van der Waals surface area contributed by atoms with Crippen molar-refractivity contribution in [3.05, 3.63) is 59.2 Å². The van der Waals surface area contributed by atoms with Crippen LogP contribution in [0.4, 0.5) is 5.69 Å². The first kappa shape index (κ1) is 15.7. The molecule has 26 heavy (non-hydrogen) atoms. The van der Waals surface area contributed by atoms with E-state index in [1.807, 2.05) is 18.2 Å². The van der Waals surface area contributed by atoms with Gasteiger partial charge in [0.1, 0.15) is 5.75 Å². The molecule has 1 heterocycles. The number of rotatable bonds is 3. The summed E-state index contributed by atoms with van der Waals surface area (Å²) >= 11 is 0. The van der Waals surface area contributed by atoms with Crippen molar-refractivity contribution in [3.8, 4) is 5.75 Å². The van der Waals surface area contributed by atoms with Gasteiger partial charge in [-0.15, -0.1) is 0 Å². The summed E-state index contributed by atoms with van der Waals surface area (Å²) in [5.41, 5.74) is 3.96. The molecule has 5 atom stereocenters. The fourth-order valence-electron chi connectivity index (χ4n) is 5.78. The number of carboxylic acids is 1. The Morgan fingerprint density at radius 2 is 2.00 bits per heavy atom. The van der Waals surface area contributed by atoms with E-state index in [1.165, 1.54) is 30.4 Å². The molecule has 4 heteroatoms. The lowest BCUT2D eigenvalue weighted by atomic mass is 9.68. The van der Waals surface area contributed by atoms with Crippen molar-refractivity contribution < 1.29 is 14.6 Å². The second-order valence-electron chi connectivity index (χ2n) is 7.94. The summed E-state index contributed by atoms with van der Waals surface area (Å²) in [7, 11) is 1.70. The van der Waals surface area contributed by atoms with Gasteiger partial charge in [0.2, 0.25) is 0 Å². The number of methoxy groups -OCH3 is 1. The average Bonchev–Trinajstić information content (AvgIpc) is 3.29. The van der Waals surface area contributed by atoms with Crippen molar-refractivity contribution in [2.45, 2.75) is 31.2 Å². The highest BCUT2D eigenvalue weighted by molar-refractivity contribution is 5.88. The van der Waals surface area contributed by atoms with E-state index in [0.29, 0.717) is 23.3 Å². The lowest BCUT2D eigenvalue weighted by Crippen LogP contribution is -2.35. The van der Waals surface area contributed by atoms with Crippen molar-refractivity contribution in [2.75, 3.05) is 12.4 Å². The summed E-state index contributed by atoms with van der Waals surface area (Å²) in [6, 6.07) is 14.2. The number of anilines is 1. The predicted octanol–water partition coefficient (Wildman–Crippen LogP) is 4.69. The van der Waals surface area contributed by atoms with E-state index in [-0.39, 0.29) is 6.04 Å². The number of hydrogen-bond acceptors (Lipinski definition) is 3. The van der Waals surface area contributed by atoms with Crippen LogP contribution in [0.25, 0.3) is 0 Å². The molecule has 3 aliphatic rings. The molecule has 0 saturated heterocycles. The Balaban J connectivity index is 1.62. The molecule has 0 amide bonds. The van der Waals surface area contributed by atoms with Gasteiger partial charge in [0.25, 0.3) is 0 Å². The molecule has 1 aliphatic heterocycles. The van der Waals surface area contributed by atoms with Crippen LogP contribution >= 0.6 is 0 Å². The normalized spacial score (nSPS) is 31.0. The van der Waals surface area contributed by atoms with E-state index in [0.717, 1.165) is 17.4 Å². The Bertz CT molecular complexity index is 877. The van der Waals surface area contributed by atoms with Crippen LogP contribution in [-0.2, 0) is 0 Å². The first-order valence-corrected chi connectivity index (χ1v) is 9.43. The van der Waals surface area contributed by atoms with E-state index in [1.54, 1.807) is 13.2 Å². The average molecular weight is 349 g/mol. The summed E-state index contributed by atoms with van der Waals surface area (Å²) in [4.78, 5) is 11.5. The minimum atomic E-state index is -0.845. The highest BCUT2D eigenvalue weighted by Crippen LogP contribution is 2.63. The van der Waals surface area contributed by atoms with Crippen LogP contribution in [0.2, 0.25) is 0 Å². The summed E-state index contributed by atoms with van der Waals surface area (Å²) in [5.74, 6) is 2.43. The molecule has 0 unspecified atom stereocenters. The monoisotopic (exact) mass is 349 g/mol. The molecule has 5 rings (SSSR count). The summed E-state index contributed by atoms with van der Waals surface area (Å²) < 4.78 is 5.44. The van der Waals surface area contributed by atoms with Gasteiger partial charge >= 0.3 is 5.97 Å². The van der Waals surface area contributed by atoms with Crippen LogP contribution in [0, 0.1) is 17.8 Å². The van der Waals surface area contributed by atoms with Crippen LogP contribution < -0.4 is 10.1 Å². The van der Waals surface area contributed by atoms with Gasteiger partial charge in [-0.05, 0) is 84.4 Å². The lowest BCUT2D eigenvalue weighted by Gasteiger charge is -2.43. The van der Waals surface area contributed by atoms with Crippen molar-refractivity contribution in [1.29, 1.82) is 0 Å². The number of aromatic carboxylic acids is 1. The highest BCUT2D eigenvalue weighted by atomic mass is 16.5. The zero-order valence-electron chi connectivity index (χ0n) is 14.8. The van der Waals surface area contributed by atoms with Crippen LogP contribution in [0.15, 0.2) is 42.5 Å². The van der Waals surface area contributed by atoms with Crippen LogP contribution in [0.5, 0.6) is 5.75 Å². The molecule has 0 radical (unpaired) electrons. The SMILES string of the molecule is COc1cccc([C@@H]2Nc3ccc(C(=O)O)cc3[C@H]3[C@H]4CC[C@@H](C4)[C@@H]32)c1. The third-order valence-corrected chi connectivity index (χ3v) is 6.79. The van der Waals surface area contributed by atoms with Crippen LogP contribution in [0.3, 0.4) is 0 Å². The zero-order chi connectivity index (χ0) is 17.8. The lowest BCUT2D eigenvalue weighted by molar-refractivity contribution is 0.0696. The molecule has 4 nitrogen and oxygen atoms in total. The third-order valence-electron chi connectivity index (χ3n) is 6.79. The number of nitrogens with one attached hydrogen (secondary N) is 1. The van der Waals surface area contributed by atoms with Gasteiger partial charge < -0.3 is 15.2 Å². The standard InChI is InChI=1S/C22H23NO3/c1-26-16-4-2-3-14(10-16)21-20-13-6-5-12(9-13)19(20)17-11-15(22(24)25)7-8-18(17)23-21/h2-4,7-8,10-13,19-21,23H,5-6,9H2,1H3,(H,24,25)/t12-,13-,19+,20-,21-/m0/s1. The van der Waals surface area contributed by atoms with Gasteiger partial charge in [0.15, 0.2) is 0 Å². The van der Waals surface area contributed by atoms with Crippen molar-refractivity contribution >= 4 is 11.7 Å². The molecule has 2 bridgehead atoms. The molecule has 2 N–H and O–H groups in total. The Morgan fingerprint density at radius 3 is 2.81 bits per heavy atom. The number of ether oxygens (including phenoxy) is 1. The van der Waals surface area contributed by atoms with E-state index in [9.17, 15) is 9.90 Å². The largest absolute Gasteiger partial charge is 0.497 e. The Hall–Kier alpha value is -2.49. The fraction of sp³-hybridized carbons (Fsp3) is 0.409. The third kappa shape index (κ3) is 2.24. The van der Waals surface area contributed by atoms with E-state index in [4.69, 9.17) is 4.74 Å². The highest BCUT2D eigenvalue weighted by Gasteiger charge is 2.53. The van der Waals surface area contributed by atoms with Crippen LogP contribution in [-0.4, -0.2) is 18.2 Å². The van der Waals surface area contributed by atoms with Crippen LogP contribution in [0.1, 0.15) is 52.7 Å². The van der Waals surface area contributed by atoms with Crippen molar-refractivity contribution in [2.24, 2.45) is 17.8 Å². The topological polar surface area (TPSA) is 58.6 Å². The number of benzene rings is 2. The molecule has 0 spiro atoms. The number of hydrogen-bond donors (Lipinski definition) is 2. The molecular weight excluding hydrogens is 326 g/mol. The van der Waals surface area contributed by atoms with E-state index >= 15 is 0 Å². The quantitative estimate of drug-likeness (QED) is 0.844. The van der Waals surface area contributed by atoms with Crippen molar-refractivity contribution in [3.63, 3.8) is 0 Å². The Kier molecular flexibility index (Phi) is 3.49. The summed E-state index contributed by atoms with van der Waals surface area (Å²) in [6.07, 6.45) is 3.84. The first-order chi connectivity index (χ1) is 12.7. The van der Waals surface area contributed by atoms with Gasteiger partial charge in [-0.25, -0.2) is 4.79 Å². The number of carbonyl (C=O) groups is 1. The van der Waals surface area contributed by atoms with Crippen molar-refractivity contribution in [1.82, 2.24) is 0 Å².